The molecule has 4 heteroatoms. The number of hydrogen-bond donors (Lipinski definition) is 1. The van der Waals surface area contributed by atoms with Crippen molar-refractivity contribution in [1.29, 1.82) is 0 Å². The minimum atomic E-state index is -0.156. The zero-order valence-corrected chi connectivity index (χ0v) is 11.8. The molecule has 1 fully saturated rings. The Labute approximate surface area is 109 Å². The van der Waals surface area contributed by atoms with E-state index in [-0.39, 0.29) is 17.2 Å². The van der Waals surface area contributed by atoms with E-state index in [0.29, 0.717) is 19.4 Å². The molecule has 1 heterocycles. The Morgan fingerprint density at radius 2 is 1.59 bits per heavy atom. The molecule has 0 spiro atoms. The number of rotatable bonds is 6. The fraction of sp³-hybridized carbons (Fsp3) is 0.846. The number of nitrogens with zero attached hydrogens (tertiary/aromatic N) is 1. The van der Waals surface area contributed by atoms with Gasteiger partial charge in [0, 0.05) is 19.4 Å². The maximum Gasteiger partial charge on any atom is 0.229 e. The average molecular weight is 257 g/mol. The average Bonchev–Trinajstić information content (AvgIpc) is 2.19. The summed E-state index contributed by atoms with van der Waals surface area (Å²) in [6, 6.07) is 0. The molecule has 0 saturated carbocycles. The van der Waals surface area contributed by atoms with Crippen LogP contribution in [0.1, 0.15) is 52.4 Å². The van der Waals surface area contributed by atoms with Crippen LogP contribution in [0, 0.1) is 5.41 Å². The number of hydrogen-bond acceptors (Lipinski definition) is 3. The molecule has 1 rings (SSSR count). The van der Waals surface area contributed by atoms with E-state index < -0.39 is 0 Å². The summed E-state index contributed by atoms with van der Waals surface area (Å²) in [6.07, 6.45) is 5.22. The van der Waals surface area contributed by atoms with Crippen LogP contribution in [-0.2, 0) is 9.59 Å². The summed E-state index contributed by atoms with van der Waals surface area (Å²) in [7, 11) is 0. The SMILES string of the molecule is CC1(C)CC(=O)N(CCCCCCS)C(=O)C1. The topological polar surface area (TPSA) is 37.4 Å². The van der Waals surface area contributed by atoms with Crippen LogP contribution >= 0.6 is 12.6 Å². The standard InChI is InChI=1S/C13H23NO2S/c1-13(2)9-11(15)14(12(16)10-13)7-5-3-4-6-8-17/h17H,3-10H2,1-2H3. The van der Waals surface area contributed by atoms with Gasteiger partial charge in [-0.15, -0.1) is 0 Å². The first-order valence-corrected chi connectivity index (χ1v) is 7.03. The predicted molar refractivity (Wildman–Crippen MR) is 72.1 cm³/mol. The molecular weight excluding hydrogens is 234 g/mol. The minimum Gasteiger partial charge on any atom is -0.283 e. The quantitative estimate of drug-likeness (QED) is 0.451. The molecule has 0 aromatic carbocycles. The number of likely N-dealkylation sites (tertiary alicyclic amines) is 1. The van der Waals surface area contributed by atoms with Gasteiger partial charge in [0.05, 0.1) is 0 Å². The third-order valence-electron chi connectivity index (χ3n) is 3.15. The minimum absolute atomic E-state index is 0.000412. The molecule has 17 heavy (non-hydrogen) atoms. The molecule has 0 atom stereocenters. The van der Waals surface area contributed by atoms with Crippen molar-refractivity contribution in [3.8, 4) is 0 Å². The second-order valence-electron chi connectivity index (χ2n) is 5.59. The molecule has 1 aliphatic heterocycles. The monoisotopic (exact) mass is 257 g/mol. The zero-order valence-electron chi connectivity index (χ0n) is 10.9. The molecule has 0 aliphatic carbocycles. The third-order valence-corrected chi connectivity index (χ3v) is 3.47. The van der Waals surface area contributed by atoms with Crippen molar-refractivity contribution in [2.45, 2.75) is 52.4 Å². The van der Waals surface area contributed by atoms with Crippen LogP contribution in [0.4, 0.5) is 0 Å². The smallest absolute Gasteiger partial charge is 0.229 e. The molecule has 1 aliphatic rings. The zero-order chi connectivity index (χ0) is 12.9. The Balaban J connectivity index is 2.33. The highest BCUT2D eigenvalue weighted by Crippen LogP contribution is 2.31. The fourth-order valence-corrected chi connectivity index (χ4v) is 2.42. The van der Waals surface area contributed by atoms with E-state index in [2.05, 4.69) is 12.6 Å². The van der Waals surface area contributed by atoms with Gasteiger partial charge in [-0.3, -0.25) is 14.5 Å². The van der Waals surface area contributed by atoms with Gasteiger partial charge in [0.1, 0.15) is 0 Å². The Kier molecular flexibility index (Phi) is 5.50. The number of piperidine rings is 1. The van der Waals surface area contributed by atoms with Crippen molar-refractivity contribution in [1.82, 2.24) is 4.90 Å². The highest BCUT2D eigenvalue weighted by Gasteiger charge is 2.36. The molecule has 0 radical (unpaired) electrons. The molecule has 0 bridgehead atoms. The first-order chi connectivity index (χ1) is 7.96. The highest BCUT2D eigenvalue weighted by molar-refractivity contribution is 7.80. The Bertz CT molecular complexity index is 269. The molecule has 3 nitrogen and oxygen atoms in total. The van der Waals surface area contributed by atoms with Gasteiger partial charge >= 0.3 is 0 Å². The van der Waals surface area contributed by atoms with E-state index >= 15 is 0 Å². The van der Waals surface area contributed by atoms with Crippen LogP contribution in [0.5, 0.6) is 0 Å². The Morgan fingerprint density at radius 1 is 1.06 bits per heavy atom. The fourth-order valence-electron chi connectivity index (χ4n) is 2.20. The van der Waals surface area contributed by atoms with Crippen LogP contribution < -0.4 is 0 Å². The summed E-state index contributed by atoms with van der Waals surface area (Å²) in [5.41, 5.74) is -0.156. The lowest BCUT2D eigenvalue weighted by Gasteiger charge is -2.34. The summed E-state index contributed by atoms with van der Waals surface area (Å²) in [4.78, 5) is 25.1. The van der Waals surface area contributed by atoms with Crippen LogP contribution in [0.3, 0.4) is 0 Å². The molecular formula is C13H23NO2S. The molecule has 0 unspecified atom stereocenters. The van der Waals surface area contributed by atoms with Gasteiger partial charge in [-0.25, -0.2) is 0 Å². The van der Waals surface area contributed by atoms with Gasteiger partial charge in [-0.1, -0.05) is 26.7 Å². The van der Waals surface area contributed by atoms with Gasteiger partial charge < -0.3 is 0 Å². The molecule has 2 amide bonds. The van der Waals surface area contributed by atoms with Crippen molar-refractivity contribution in [2.75, 3.05) is 12.3 Å². The molecule has 0 aromatic heterocycles. The second-order valence-corrected chi connectivity index (χ2v) is 6.04. The largest absolute Gasteiger partial charge is 0.283 e. The third kappa shape index (κ3) is 4.70. The van der Waals surface area contributed by atoms with Crippen LogP contribution in [0.25, 0.3) is 0 Å². The Morgan fingerprint density at radius 3 is 2.12 bits per heavy atom. The van der Waals surface area contributed by atoms with Crippen molar-refractivity contribution in [2.24, 2.45) is 5.41 Å². The lowest BCUT2D eigenvalue weighted by Crippen LogP contribution is -2.46. The summed E-state index contributed by atoms with van der Waals surface area (Å²) >= 11 is 4.15. The summed E-state index contributed by atoms with van der Waals surface area (Å²) < 4.78 is 0. The van der Waals surface area contributed by atoms with Gasteiger partial charge in [-0.05, 0) is 24.0 Å². The van der Waals surface area contributed by atoms with E-state index in [9.17, 15) is 9.59 Å². The van der Waals surface area contributed by atoms with Crippen LogP contribution in [0.15, 0.2) is 0 Å². The molecule has 0 N–H and O–H groups in total. The first-order valence-electron chi connectivity index (χ1n) is 6.40. The molecule has 0 aromatic rings. The van der Waals surface area contributed by atoms with E-state index in [1.807, 2.05) is 13.8 Å². The number of amides is 2. The van der Waals surface area contributed by atoms with Crippen LogP contribution in [0.2, 0.25) is 0 Å². The maximum atomic E-state index is 11.8. The highest BCUT2D eigenvalue weighted by atomic mass is 32.1. The van der Waals surface area contributed by atoms with Gasteiger partial charge in [0.15, 0.2) is 0 Å². The lowest BCUT2D eigenvalue weighted by atomic mass is 9.81. The summed E-state index contributed by atoms with van der Waals surface area (Å²) in [6.45, 7) is 4.56. The van der Waals surface area contributed by atoms with E-state index in [0.717, 1.165) is 31.4 Å². The van der Waals surface area contributed by atoms with Crippen molar-refractivity contribution >= 4 is 24.4 Å². The summed E-state index contributed by atoms with van der Waals surface area (Å²) in [5.74, 6) is 0.913. The summed E-state index contributed by atoms with van der Waals surface area (Å²) in [5, 5.41) is 0. The van der Waals surface area contributed by atoms with Crippen molar-refractivity contribution in [3.05, 3.63) is 0 Å². The number of carbonyl (C=O) groups excluding carboxylic acids is 2. The van der Waals surface area contributed by atoms with Gasteiger partial charge in [-0.2, -0.15) is 12.6 Å². The van der Waals surface area contributed by atoms with Gasteiger partial charge in [0.25, 0.3) is 0 Å². The lowest BCUT2D eigenvalue weighted by molar-refractivity contribution is -0.152. The van der Waals surface area contributed by atoms with Gasteiger partial charge in [0.2, 0.25) is 11.8 Å². The molecule has 1 saturated heterocycles. The van der Waals surface area contributed by atoms with E-state index in [1.54, 1.807) is 0 Å². The normalized spacial score (nSPS) is 19.8. The van der Waals surface area contributed by atoms with E-state index in [1.165, 1.54) is 4.90 Å². The Hall–Kier alpha value is -0.510. The number of imide groups is 1. The second kappa shape index (κ2) is 6.43. The molecule has 98 valence electrons. The van der Waals surface area contributed by atoms with Crippen molar-refractivity contribution in [3.63, 3.8) is 0 Å². The number of unbranched alkanes of at least 4 members (excludes halogenated alkanes) is 3. The van der Waals surface area contributed by atoms with E-state index in [4.69, 9.17) is 0 Å². The first kappa shape index (κ1) is 14.6. The number of carbonyl (C=O) groups is 2. The maximum absolute atomic E-state index is 11.8. The number of thiol groups is 1. The van der Waals surface area contributed by atoms with Crippen LogP contribution in [-0.4, -0.2) is 29.0 Å². The van der Waals surface area contributed by atoms with Crippen molar-refractivity contribution < 1.29 is 9.59 Å². The predicted octanol–water partition coefficient (Wildman–Crippen LogP) is 2.65.